The van der Waals surface area contributed by atoms with Crippen molar-refractivity contribution in [2.75, 3.05) is 39.6 Å². The maximum atomic E-state index is 8.89. The molecule has 2 aliphatic heterocycles. The SMILES string of the molecule is OCCOCCOCCOc1cccc2c3nc4nc(nc5[nH]c(nc6nc(nc([nH]3)c12)-c1ccccc1-6)c1ccccc51)-c1ccccc1-4.[Cu]. The first kappa shape index (κ1) is 32.6. The molecule has 3 N–H and O–H groups in total. The molecule has 0 saturated carbocycles. The molecule has 1 radical (unpaired) electrons. The van der Waals surface area contributed by atoms with Crippen molar-refractivity contribution in [3.05, 3.63) is 91.0 Å². The average molecular weight is 726 g/mol. The van der Waals surface area contributed by atoms with Crippen LogP contribution in [0.1, 0.15) is 0 Å². The molecule has 51 heavy (non-hydrogen) atoms. The van der Waals surface area contributed by atoms with Gasteiger partial charge in [0.2, 0.25) is 0 Å². The monoisotopic (exact) mass is 725 g/mol. The zero-order valence-corrected chi connectivity index (χ0v) is 28.0. The van der Waals surface area contributed by atoms with Crippen LogP contribution in [0.5, 0.6) is 5.75 Å². The van der Waals surface area contributed by atoms with Crippen molar-refractivity contribution in [2.24, 2.45) is 0 Å². The first-order valence-corrected chi connectivity index (χ1v) is 16.4. The van der Waals surface area contributed by atoms with Crippen LogP contribution < -0.4 is 4.74 Å². The molecule has 8 bridgehead atoms. The summed E-state index contributed by atoms with van der Waals surface area (Å²) in [7, 11) is 0. The van der Waals surface area contributed by atoms with Gasteiger partial charge in [-0.3, -0.25) is 0 Å². The summed E-state index contributed by atoms with van der Waals surface area (Å²) in [6.07, 6.45) is 0. The summed E-state index contributed by atoms with van der Waals surface area (Å²) < 4.78 is 17.2. The Kier molecular flexibility index (Phi) is 8.95. The Hall–Kier alpha value is -5.56. The van der Waals surface area contributed by atoms with Gasteiger partial charge in [0.15, 0.2) is 23.3 Å². The van der Waals surface area contributed by atoms with Crippen molar-refractivity contribution in [1.82, 2.24) is 39.9 Å². The van der Waals surface area contributed by atoms with Crippen molar-refractivity contribution < 1.29 is 36.4 Å². The van der Waals surface area contributed by atoms with E-state index in [1.165, 1.54) is 0 Å². The van der Waals surface area contributed by atoms with Crippen molar-refractivity contribution in [3.63, 3.8) is 0 Å². The molecular weight excluding hydrogens is 696 g/mol. The molecule has 13 heteroatoms. The minimum atomic E-state index is -0.0169. The molecule has 0 atom stereocenters. The number of ether oxygens (including phenoxy) is 3. The van der Waals surface area contributed by atoms with Crippen LogP contribution in [-0.4, -0.2) is 84.6 Å². The minimum absolute atomic E-state index is 0. The van der Waals surface area contributed by atoms with Crippen LogP contribution in [0.2, 0.25) is 0 Å². The number of aromatic amines is 2. The molecule has 0 amide bonds. The van der Waals surface area contributed by atoms with Gasteiger partial charge in [-0.1, -0.05) is 84.9 Å². The zero-order chi connectivity index (χ0) is 33.4. The molecule has 2 aliphatic rings. The molecule has 3 aromatic heterocycles. The van der Waals surface area contributed by atoms with E-state index < -0.39 is 0 Å². The van der Waals surface area contributed by atoms with Crippen LogP contribution in [0.15, 0.2) is 91.0 Å². The second-order valence-corrected chi connectivity index (χ2v) is 11.7. The second kappa shape index (κ2) is 14.0. The molecule has 257 valence electrons. The predicted octanol–water partition coefficient (Wildman–Crippen LogP) is 6.27. The fourth-order valence-electron chi connectivity index (χ4n) is 6.38. The van der Waals surface area contributed by atoms with Gasteiger partial charge in [-0.05, 0) is 6.07 Å². The molecule has 0 saturated heterocycles. The third-order valence-corrected chi connectivity index (χ3v) is 8.63. The van der Waals surface area contributed by atoms with Gasteiger partial charge in [-0.25, -0.2) is 29.9 Å². The van der Waals surface area contributed by atoms with Gasteiger partial charge in [0.25, 0.3) is 0 Å². The van der Waals surface area contributed by atoms with E-state index in [0.717, 1.165) is 43.8 Å². The Labute approximate surface area is 301 Å². The van der Waals surface area contributed by atoms with E-state index in [1.54, 1.807) is 0 Å². The van der Waals surface area contributed by atoms with Gasteiger partial charge < -0.3 is 29.3 Å². The maximum absolute atomic E-state index is 8.89. The fraction of sp³-hybridized carbons (Fsp3) is 0.158. The van der Waals surface area contributed by atoms with Crippen LogP contribution in [0.25, 0.3) is 89.7 Å². The third kappa shape index (κ3) is 6.01. The first-order chi connectivity index (χ1) is 24.7. The first-order valence-electron chi connectivity index (χ1n) is 16.4. The van der Waals surface area contributed by atoms with E-state index >= 15 is 0 Å². The summed E-state index contributed by atoms with van der Waals surface area (Å²) in [6.45, 7) is 1.74. The van der Waals surface area contributed by atoms with Gasteiger partial charge >= 0.3 is 0 Å². The number of hydrogen-bond donors (Lipinski definition) is 3. The van der Waals surface area contributed by atoms with E-state index in [0.29, 0.717) is 78.1 Å². The Morgan fingerprint density at radius 2 is 0.882 bits per heavy atom. The van der Waals surface area contributed by atoms with Crippen LogP contribution >= 0.6 is 0 Å². The van der Waals surface area contributed by atoms with Gasteiger partial charge in [0.05, 0.1) is 38.4 Å². The molecule has 0 aliphatic carbocycles. The average Bonchev–Trinajstić information content (AvgIpc) is 3.89. The molecule has 4 aromatic carbocycles. The number of benzene rings is 4. The van der Waals surface area contributed by atoms with Crippen molar-refractivity contribution >= 4 is 44.1 Å². The molecule has 12 nitrogen and oxygen atoms in total. The van der Waals surface area contributed by atoms with Gasteiger partial charge in [0.1, 0.15) is 34.9 Å². The van der Waals surface area contributed by atoms with Gasteiger partial charge in [-0.2, -0.15) is 0 Å². The number of nitrogens with one attached hydrogen (secondary N) is 2. The predicted molar refractivity (Wildman–Crippen MR) is 190 cm³/mol. The number of H-pyrrole nitrogens is 2. The quantitative estimate of drug-likeness (QED) is 0.114. The maximum Gasteiger partial charge on any atom is 0.164 e. The van der Waals surface area contributed by atoms with Crippen LogP contribution in [0, 0.1) is 0 Å². The Morgan fingerprint density at radius 3 is 1.43 bits per heavy atom. The summed E-state index contributed by atoms with van der Waals surface area (Å²) in [5, 5.41) is 12.3. The fourth-order valence-corrected chi connectivity index (χ4v) is 6.38. The molecule has 5 heterocycles. The van der Waals surface area contributed by atoms with Crippen LogP contribution in [0.4, 0.5) is 0 Å². The number of nitrogens with zero attached hydrogens (tertiary/aromatic N) is 6. The number of rotatable bonds is 9. The molecular formula is C38H30CuN8O4. The topological polar surface area (TPSA) is 157 Å². The van der Waals surface area contributed by atoms with Gasteiger partial charge in [0, 0.05) is 55.5 Å². The van der Waals surface area contributed by atoms with Crippen LogP contribution in [0.3, 0.4) is 0 Å². The Balaban J connectivity index is 0.00000374. The van der Waals surface area contributed by atoms with E-state index in [4.69, 9.17) is 49.2 Å². The largest absolute Gasteiger partial charge is 0.490 e. The second-order valence-electron chi connectivity index (χ2n) is 11.7. The summed E-state index contributed by atoms with van der Waals surface area (Å²) in [5.74, 6) is 2.77. The summed E-state index contributed by atoms with van der Waals surface area (Å²) >= 11 is 0. The third-order valence-electron chi connectivity index (χ3n) is 8.63. The standard InChI is InChI=1S/C38H30N8O4.Cu/c47-16-17-48-18-19-49-20-21-50-29-15-7-14-28-30(29)38-45-36-27-13-6-5-12-26(27)34(43-36)41-32-23-9-2-1-8-22(23)31(39-32)40-33-24-10-3-4-11-25(24)35(42-33)44-37(28)46-38;/h1-15,47H,16-21H2,(H2,39,40,41,42,43,44,45,46);. The summed E-state index contributed by atoms with van der Waals surface area (Å²) in [6, 6.07) is 29.7. The number of aromatic nitrogens is 8. The molecule has 0 fully saturated rings. The molecule has 0 spiro atoms. The number of aliphatic hydroxyl groups is 1. The van der Waals surface area contributed by atoms with Crippen molar-refractivity contribution in [1.29, 1.82) is 0 Å². The zero-order valence-electron chi connectivity index (χ0n) is 27.1. The number of hydrogen-bond acceptors (Lipinski definition) is 10. The van der Waals surface area contributed by atoms with E-state index in [9.17, 15) is 0 Å². The van der Waals surface area contributed by atoms with E-state index in [-0.39, 0.29) is 30.3 Å². The minimum Gasteiger partial charge on any atom is -0.490 e. The van der Waals surface area contributed by atoms with Crippen molar-refractivity contribution in [3.8, 4) is 51.3 Å². The summed E-state index contributed by atoms with van der Waals surface area (Å²) in [4.78, 5) is 37.1. The van der Waals surface area contributed by atoms with E-state index in [1.807, 2.05) is 91.0 Å². The number of fused-ring (bicyclic) bond motifs is 20. The van der Waals surface area contributed by atoms with E-state index in [2.05, 4.69) is 9.97 Å². The van der Waals surface area contributed by atoms with Gasteiger partial charge in [-0.15, -0.1) is 0 Å². The Morgan fingerprint density at radius 1 is 0.451 bits per heavy atom. The van der Waals surface area contributed by atoms with Crippen molar-refractivity contribution in [2.45, 2.75) is 0 Å². The smallest absolute Gasteiger partial charge is 0.164 e. The summed E-state index contributed by atoms with van der Waals surface area (Å²) in [5.41, 5.74) is 5.91. The normalized spacial score (nSPS) is 11.7. The molecule has 7 aromatic rings. The molecule has 9 rings (SSSR count). The number of aliphatic hydroxyl groups excluding tert-OH is 1. The Bertz CT molecular complexity index is 2580. The molecule has 0 unspecified atom stereocenters. The van der Waals surface area contributed by atoms with Crippen LogP contribution in [-0.2, 0) is 26.5 Å².